The van der Waals surface area contributed by atoms with Crippen molar-refractivity contribution >= 4 is 11.0 Å². The van der Waals surface area contributed by atoms with Crippen LogP contribution in [0.2, 0.25) is 0 Å². The fourth-order valence-corrected chi connectivity index (χ4v) is 2.57. The monoisotopic (exact) mass is 241 g/mol. The molecule has 2 rings (SSSR count). The van der Waals surface area contributed by atoms with Crippen LogP contribution in [0.3, 0.4) is 0 Å². The molecule has 0 bridgehead atoms. The van der Waals surface area contributed by atoms with Gasteiger partial charge in [0.25, 0.3) is 0 Å². The zero-order valence-electron chi connectivity index (χ0n) is 11.2. The van der Waals surface area contributed by atoms with Crippen LogP contribution >= 0.6 is 0 Å². The molecule has 0 spiro atoms. The van der Waals surface area contributed by atoms with Crippen LogP contribution in [0.4, 0.5) is 0 Å². The summed E-state index contributed by atoms with van der Waals surface area (Å²) in [6.07, 6.45) is 1.47. The first-order valence-corrected chi connectivity index (χ1v) is 6.46. The summed E-state index contributed by atoms with van der Waals surface area (Å²) in [4.78, 5) is 4.57. The summed E-state index contributed by atoms with van der Waals surface area (Å²) in [6.45, 7) is 6.65. The van der Waals surface area contributed by atoms with E-state index in [-0.39, 0.29) is 0 Å². The molecule has 0 aliphatic rings. The lowest BCUT2D eigenvalue weighted by molar-refractivity contribution is 0.428. The van der Waals surface area contributed by atoms with Crippen LogP contribution in [0.1, 0.15) is 39.1 Å². The fourth-order valence-electron chi connectivity index (χ4n) is 2.57. The molecule has 1 heterocycles. The Hall–Kier alpha value is -1.82. The SMILES string of the molecule is CC(C)CC(C)n1c(CC#N)nc2ccccc21. The fraction of sp³-hybridized carbons (Fsp3) is 0.467. The van der Waals surface area contributed by atoms with E-state index in [9.17, 15) is 0 Å². The Kier molecular flexibility index (Phi) is 3.66. The summed E-state index contributed by atoms with van der Waals surface area (Å²) >= 11 is 0. The molecule has 0 radical (unpaired) electrons. The third-order valence-electron chi connectivity index (χ3n) is 3.16. The molecule has 0 saturated heterocycles. The van der Waals surface area contributed by atoms with E-state index in [1.807, 2.05) is 18.2 Å². The van der Waals surface area contributed by atoms with Crippen LogP contribution in [0.25, 0.3) is 11.0 Å². The van der Waals surface area contributed by atoms with Crippen molar-refractivity contribution in [3.05, 3.63) is 30.1 Å². The molecule has 0 fully saturated rings. The Morgan fingerprint density at radius 2 is 2.00 bits per heavy atom. The third-order valence-corrected chi connectivity index (χ3v) is 3.16. The van der Waals surface area contributed by atoms with Crippen molar-refractivity contribution in [2.24, 2.45) is 5.92 Å². The number of aromatic nitrogens is 2. The maximum Gasteiger partial charge on any atom is 0.124 e. The minimum Gasteiger partial charge on any atom is -0.324 e. The number of hydrogen-bond acceptors (Lipinski definition) is 2. The Morgan fingerprint density at radius 1 is 1.28 bits per heavy atom. The van der Waals surface area contributed by atoms with E-state index in [2.05, 4.69) is 42.5 Å². The van der Waals surface area contributed by atoms with E-state index in [1.54, 1.807) is 0 Å². The van der Waals surface area contributed by atoms with E-state index < -0.39 is 0 Å². The second kappa shape index (κ2) is 5.22. The molecular weight excluding hydrogens is 222 g/mol. The van der Waals surface area contributed by atoms with Crippen LogP contribution < -0.4 is 0 Å². The quantitative estimate of drug-likeness (QED) is 0.818. The second-order valence-electron chi connectivity index (χ2n) is 5.20. The van der Waals surface area contributed by atoms with Gasteiger partial charge in [-0.05, 0) is 31.4 Å². The lowest BCUT2D eigenvalue weighted by Gasteiger charge is -2.18. The Morgan fingerprint density at radius 3 is 2.67 bits per heavy atom. The molecular formula is C15H19N3. The van der Waals surface area contributed by atoms with E-state index in [0.717, 1.165) is 23.3 Å². The van der Waals surface area contributed by atoms with Gasteiger partial charge in [0, 0.05) is 6.04 Å². The largest absolute Gasteiger partial charge is 0.324 e. The molecule has 0 amide bonds. The van der Waals surface area contributed by atoms with Crippen LogP contribution in [0.15, 0.2) is 24.3 Å². The molecule has 0 saturated carbocycles. The summed E-state index contributed by atoms with van der Waals surface area (Å²) in [5.41, 5.74) is 2.12. The molecule has 1 aromatic carbocycles. The molecule has 3 nitrogen and oxygen atoms in total. The van der Waals surface area contributed by atoms with Crippen molar-refractivity contribution in [1.82, 2.24) is 9.55 Å². The van der Waals surface area contributed by atoms with Crippen molar-refractivity contribution in [2.45, 2.75) is 39.7 Å². The molecule has 3 heteroatoms. The minimum atomic E-state index is 0.372. The Labute approximate surface area is 108 Å². The van der Waals surface area contributed by atoms with Crippen molar-refractivity contribution in [1.29, 1.82) is 5.26 Å². The second-order valence-corrected chi connectivity index (χ2v) is 5.20. The predicted octanol–water partition coefficient (Wildman–Crippen LogP) is 3.71. The number of imidazole rings is 1. The van der Waals surface area contributed by atoms with Gasteiger partial charge in [-0.3, -0.25) is 0 Å². The number of hydrogen-bond donors (Lipinski definition) is 0. The standard InChI is InChI=1S/C15H19N3/c1-11(2)10-12(3)18-14-7-5-4-6-13(14)17-15(18)8-9-16/h4-7,11-12H,8,10H2,1-3H3. The summed E-state index contributed by atoms with van der Waals surface area (Å²) < 4.78 is 2.22. The van der Waals surface area contributed by atoms with Crippen molar-refractivity contribution < 1.29 is 0 Å². The Bertz CT molecular complexity index is 575. The first-order valence-electron chi connectivity index (χ1n) is 6.46. The van der Waals surface area contributed by atoms with Gasteiger partial charge in [0.05, 0.1) is 23.5 Å². The average Bonchev–Trinajstić information content (AvgIpc) is 2.66. The third kappa shape index (κ3) is 2.38. The van der Waals surface area contributed by atoms with E-state index in [4.69, 9.17) is 5.26 Å². The molecule has 94 valence electrons. The van der Waals surface area contributed by atoms with Crippen molar-refractivity contribution in [3.8, 4) is 6.07 Å². The lowest BCUT2D eigenvalue weighted by Crippen LogP contribution is -2.11. The molecule has 18 heavy (non-hydrogen) atoms. The maximum atomic E-state index is 8.93. The molecule has 0 aliphatic carbocycles. The normalized spacial score (nSPS) is 12.8. The maximum absolute atomic E-state index is 8.93. The molecule has 0 aliphatic heterocycles. The average molecular weight is 241 g/mol. The first kappa shape index (κ1) is 12.6. The predicted molar refractivity (Wildman–Crippen MR) is 73.2 cm³/mol. The summed E-state index contributed by atoms with van der Waals surface area (Å²) in [5.74, 6) is 1.52. The van der Waals surface area contributed by atoms with Gasteiger partial charge in [-0.1, -0.05) is 26.0 Å². The highest BCUT2D eigenvalue weighted by molar-refractivity contribution is 5.76. The van der Waals surface area contributed by atoms with Crippen molar-refractivity contribution in [3.63, 3.8) is 0 Å². The number of fused-ring (bicyclic) bond motifs is 1. The van der Waals surface area contributed by atoms with Gasteiger partial charge in [-0.15, -0.1) is 0 Å². The Balaban J connectivity index is 2.51. The summed E-state index contributed by atoms with van der Waals surface area (Å²) in [5, 5.41) is 8.93. The molecule has 1 atom stereocenters. The number of para-hydroxylation sites is 2. The molecule has 1 unspecified atom stereocenters. The summed E-state index contributed by atoms with van der Waals surface area (Å²) in [7, 11) is 0. The van der Waals surface area contributed by atoms with Gasteiger partial charge < -0.3 is 4.57 Å². The zero-order chi connectivity index (χ0) is 13.1. The highest BCUT2D eigenvalue weighted by Gasteiger charge is 2.16. The highest BCUT2D eigenvalue weighted by atomic mass is 15.1. The van der Waals surface area contributed by atoms with Crippen LogP contribution in [0, 0.1) is 17.2 Å². The number of benzene rings is 1. The van der Waals surface area contributed by atoms with Crippen molar-refractivity contribution in [2.75, 3.05) is 0 Å². The molecule has 1 aromatic heterocycles. The molecule has 2 aromatic rings. The van der Waals surface area contributed by atoms with E-state index in [1.165, 1.54) is 0 Å². The van der Waals surface area contributed by atoms with Gasteiger partial charge in [0.1, 0.15) is 5.82 Å². The summed E-state index contributed by atoms with van der Waals surface area (Å²) in [6, 6.07) is 10.7. The van der Waals surface area contributed by atoms with Crippen LogP contribution in [0.5, 0.6) is 0 Å². The zero-order valence-corrected chi connectivity index (χ0v) is 11.2. The van der Waals surface area contributed by atoms with Gasteiger partial charge in [-0.25, -0.2) is 4.98 Å². The first-order chi connectivity index (χ1) is 8.63. The number of rotatable bonds is 4. The van der Waals surface area contributed by atoms with Gasteiger partial charge in [-0.2, -0.15) is 5.26 Å². The number of nitrogens with zero attached hydrogens (tertiary/aromatic N) is 3. The minimum absolute atomic E-state index is 0.372. The van der Waals surface area contributed by atoms with Crippen LogP contribution in [-0.4, -0.2) is 9.55 Å². The van der Waals surface area contributed by atoms with E-state index in [0.29, 0.717) is 18.4 Å². The van der Waals surface area contributed by atoms with Gasteiger partial charge in [0.2, 0.25) is 0 Å². The smallest absolute Gasteiger partial charge is 0.124 e. The number of nitriles is 1. The van der Waals surface area contributed by atoms with Gasteiger partial charge in [0.15, 0.2) is 0 Å². The highest BCUT2D eigenvalue weighted by Crippen LogP contribution is 2.25. The molecule has 0 N–H and O–H groups in total. The van der Waals surface area contributed by atoms with Gasteiger partial charge >= 0.3 is 0 Å². The van der Waals surface area contributed by atoms with E-state index >= 15 is 0 Å². The topological polar surface area (TPSA) is 41.6 Å². The lowest BCUT2D eigenvalue weighted by atomic mass is 10.0. The van der Waals surface area contributed by atoms with Crippen LogP contribution in [-0.2, 0) is 6.42 Å².